The molecule has 0 heterocycles. The summed E-state index contributed by atoms with van der Waals surface area (Å²) in [5.74, 6) is -1.33. The predicted octanol–water partition coefficient (Wildman–Crippen LogP) is 5.00. The lowest BCUT2D eigenvalue weighted by molar-refractivity contribution is -0.227. The molecule has 5 rings (SSSR count). The summed E-state index contributed by atoms with van der Waals surface area (Å²) < 4.78 is 61.2. The lowest BCUT2D eigenvalue weighted by atomic mass is 9.50. The molecule has 3 atom stereocenters. The first-order valence-corrected chi connectivity index (χ1v) is 11.2. The van der Waals surface area contributed by atoms with Gasteiger partial charge in [0.2, 0.25) is 6.10 Å². The van der Waals surface area contributed by atoms with Gasteiger partial charge in [0.05, 0.1) is 18.4 Å². The molecular weight excluding hydrogens is 404 g/mol. The van der Waals surface area contributed by atoms with Crippen LogP contribution in [0.25, 0.3) is 0 Å². The van der Waals surface area contributed by atoms with E-state index in [0.29, 0.717) is 43.6 Å². The minimum atomic E-state index is -4.96. The van der Waals surface area contributed by atoms with Gasteiger partial charge in [-0.3, -0.25) is 9.59 Å². The number of carbonyl (C=O) groups excluding carboxylic acids is 2. The average Bonchev–Trinajstić information content (AvgIpc) is 2.68. The highest BCUT2D eigenvalue weighted by Gasteiger charge is 2.52. The molecule has 5 aliphatic carbocycles. The molecule has 4 nitrogen and oxygen atoms in total. The molecular formula is C22H30F4O4. The topological polar surface area (TPSA) is 52.6 Å². The Morgan fingerprint density at radius 2 is 1.40 bits per heavy atom. The number of hydrogen-bond donors (Lipinski definition) is 0. The highest BCUT2D eigenvalue weighted by molar-refractivity contribution is 5.82. The second kappa shape index (κ2) is 8.30. The Morgan fingerprint density at radius 3 is 1.87 bits per heavy atom. The third-order valence-electron chi connectivity index (χ3n) is 7.82. The second-order valence-corrected chi connectivity index (χ2v) is 10.1. The van der Waals surface area contributed by atoms with Crippen LogP contribution in [0.1, 0.15) is 64.2 Å². The van der Waals surface area contributed by atoms with Crippen LogP contribution in [-0.2, 0) is 19.1 Å². The molecule has 0 spiro atoms. The van der Waals surface area contributed by atoms with E-state index in [4.69, 9.17) is 4.74 Å². The standard InChI is InChI=1S/C22H30F4O4/c23-11-18(22(24,25)26)30-20(28)17-4-2-1-3-16(17)19(27)29-12-21-8-13-5-14(9-21)7-15(6-13)10-21/h13-18H,1-12H2. The molecule has 8 heteroatoms. The van der Waals surface area contributed by atoms with Crippen LogP contribution in [0, 0.1) is 35.0 Å². The Kier molecular flexibility index (Phi) is 6.05. The van der Waals surface area contributed by atoms with Gasteiger partial charge in [-0.05, 0) is 69.1 Å². The third-order valence-corrected chi connectivity index (χ3v) is 7.82. The summed E-state index contributed by atoms with van der Waals surface area (Å²) >= 11 is 0. The molecule has 0 aromatic rings. The summed E-state index contributed by atoms with van der Waals surface area (Å²) in [4.78, 5) is 25.2. The van der Waals surface area contributed by atoms with Gasteiger partial charge in [-0.15, -0.1) is 0 Å². The van der Waals surface area contributed by atoms with Crippen molar-refractivity contribution in [2.24, 2.45) is 35.0 Å². The first kappa shape index (κ1) is 21.9. The molecule has 5 aliphatic rings. The molecule has 30 heavy (non-hydrogen) atoms. The Morgan fingerprint density at radius 1 is 0.900 bits per heavy atom. The summed E-state index contributed by atoms with van der Waals surface area (Å²) in [6.07, 6.45) is 1.26. The normalized spacial score (nSPS) is 38.9. The van der Waals surface area contributed by atoms with Crippen molar-refractivity contribution in [1.29, 1.82) is 0 Å². The van der Waals surface area contributed by atoms with E-state index in [1.807, 2.05) is 0 Å². The molecule has 0 aromatic heterocycles. The Hall–Kier alpha value is -1.34. The first-order valence-electron chi connectivity index (χ1n) is 11.2. The SMILES string of the molecule is O=C(OCC12CC3CC(CC(C3)C1)C2)C1CCCCC1C(=O)OC(CF)C(F)(F)F. The number of ether oxygens (including phenoxy) is 2. The fraction of sp³-hybridized carbons (Fsp3) is 0.909. The molecule has 0 saturated heterocycles. The maximum atomic E-state index is 12.8. The summed E-state index contributed by atoms with van der Waals surface area (Å²) in [5.41, 5.74) is 0.0324. The molecule has 0 N–H and O–H groups in total. The maximum Gasteiger partial charge on any atom is 0.428 e. The van der Waals surface area contributed by atoms with Gasteiger partial charge in [0.25, 0.3) is 0 Å². The Labute approximate surface area is 174 Å². The van der Waals surface area contributed by atoms with Crippen LogP contribution in [0.4, 0.5) is 17.6 Å². The van der Waals surface area contributed by atoms with Crippen molar-refractivity contribution in [3.63, 3.8) is 0 Å². The zero-order valence-corrected chi connectivity index (χ0v) is 17.1. The van der Waals surface area contributed by atoms with Crippen molar-refractivity contribution in [2.45, 2.75) is 76.5 Å². The van der Waals surface area contributed by atoms with Crippen LogP contribution in [-0.4, -0.2) is 37.5 Å². The van der Waals surface area contributed by atoms with Gasteiger partial charge in [0.15, 0.2) is 0 Å². The number of rotatable bonds is 6. The van der Waals surface area contributed by atoms with Crippen LogP contribution in [0.5, 0.6) is 0 Å². The van der Waals surface area contributed by atoms with Crippen LogP contribution in [0.2, 0.25) is 0 Å². The smallest absolute Gasteiger partial charge is 0.428 e. The van der Waals surface area contributed by atoms with E-state index in [2.05, 4.69) is 4.74 Å². The van der Waals surface area contributed by atoms with Crippen molar-refractivity contribution in [2.75, 3.05) is 13.3 Å². The quantitative estimate of drug-likeness (QED) is 0.436. The van der Waals surface area contributed by atoms with Crippen LogP contribution in [0.3, 0.4) is 0 Å². The predicted molar refractivity (Wildman–Crippen MR) is 98.9 cm³/mol. The van der Waals surface area contributed by atoms with Gasteiger partial charge in [-0.25, -0.2) is 4.39 Å². The maximum absolute atomic E-state index is 12.8. The Balaban J connectivity index is 1.37. The summed E-state index contributed by atoms with van der Waals surface area (Å²) in [5, 5.41) is 0. The average molecular weight is 434 g/mol. The summed E-state index contributed by atoms with van der Waals surface area (Å²) in [6.45, 7) is -1.49. The largest absolute Gasteiger partial charge is 0.465 e. The van der Waals surface area contributed by atoms with E-state index in [0.717, 1.165) is 19.3 Å². The zero-order chi connectivity index (χ0) is 21.5. The molecule has 0 aliphatic heterocycles. The van der Waals surface area contributed by atoms with Gasteiger partial charge in [-0.1, -0.05) is 12.8 Å². The Bertz CT molecular complexity index is 627. The molecule has 5 fully saturated rings. The molecule has 170 valence electrons. The van der Waals surface area contributed by atoms with Crippen LogP contribution in [0.15, 0.2) is 0 Å². The minimum absolute atomic E-state index is 0.0324. The second-order valence-electron chi connectivity index (χ2n) is 10.1. The molecule has 5 saturated carbocycles. The van der Waals surface area contributed by atoms with Crippen molar-refractivity contribution >= 4 is 11.9 Å². The molecule has 0 radical (unpaired) electrons. The van der Waals surface area contributed by atoms with Crippen molar-refractivity contribution in [3.05, 3.63) is 0 Å². The fourth-order valence-electron chi connectivity index (χ4n) is 6.91. The first-order chi connectivity index (χ1) is 14.2. The van der Waals surface area contributed by atoms with Gasteiger partial charge in [0.1, 0.15) is 6.67 Å². The monoisotopic (exact) mass is 434 g/mol. The van der Waals surface area contributed by atoms with Crippen LogP contribution < -0.4 is 0 Å². The summed E-state index contributed by atoms with van der Waals surface area (Å²) in [7, 11) is 0. The summed E-state index contributed by atoms with van der Waals surface area (Å²) in [6, 6.07) is 0. The van der Waals surface area contributed by atoms with E-state index in [1.165, 1.54) is 19.3 Å². The van der Waals surface area contributed by atoms with Gasteiger partial charge in [0, 0.05) is 5.41 Å². The highest BCUT2D eigenvalue weighted by atomic mass is 19.4. The number of carbonyl (C=O) groups is 2. The molecule has 3 unspecified atom stereocenters. The number of esters is 2. The van der Waals surface area contributed by atoms with Crippen molar-refractivity contribution < 1.29 is 36.6 Å². The molecule has 0 amide bonds. The van der Waals surface area contributed by atoms with E-state index in [-0.39, 0.29) is 11.8 Å². The molecule has 0 aromatic carbocycles. The van der Waals surface area contributed by atoms with E-state index in [9.17, 15) is 27.2 Å². The fourth-order valence-corrected chi connectivity index (χ4v) is 6.91. The van der Waals surface area contributed by atoms with E-state index in [1.54, 1.807) is 0 Å². The lowest BCUT2D eigenvalue weighted by Crippen LogP contribution is -2.49. The lowest BCUT2D eigenvalue weighted by Gasteiger charge is -2.56. The number of hydrogen-bond acceptors (Lipinski definition) is 4. The van der Waals surface area contributed by atoms with Gasteiger partial charge < -0.3 is 9.47 Å². The van der Waals surface area contributed by atoms with Crippen molar-refractivity contribution in [1.82, 2.24) is 0 Å². The van der Waals surface area contributed by atoms with E-state index >= 15 is 0 Å². The van der Waals surface area contributed by atoms with Crippen LogP contribution >= 0.6 is 0 Å². The minimum Gasteiger partial charge on any atom is -0.465 e. The number of halogens is 4. The third kappa shape index (κ3) is 4.47. The van der Waals surface area contributed by atoms with Crippen molar-refractivity contribution in [3.8, 4) is 0 Å². The zero-order valence-electron chi connectivity index (χ0n) is 17.1. The van der Waals surface area contributed by atoms with Gasteiger partial charge in [-0.2, -0.15) is 13.2 Å². The molecule has 4 bridgehead atoms. The number of alkyl halides is 4. The van der Waals surface area contributed by atoms with E-state index < -0.39 is 42.7 Å². The highest BCUT2D eigenvalue weighted by Crippen LogP contribution is 2.60. The van der Waals surface area contributed by atoms with Gasteiger partial charge >= 0.3 is 18.1 Å².